The van der Waals surface area contributed by atoms with Crippen LogP contribution >= 0.6 is 0 Å². The smallest absolute Gasteiger partial charge is 0.111 e. The third-order valence-corrected chi connectivity index (χ3v) is 7.83. The van der Waals surface area contributed by atoms with Crippen LogP contribution < -0.4 is 0 Å². The van der Waals surface area contributed by atoms with E-state index in [0.29, 0.717) is 12.0 Å². The zero-order valence-electron chi connectivity index (χ0n) is 24.0. The Kier molecular flexibility index (Phi) is 20.8. The van der Waals surface area contributed by atoms with E-state index in [2.05, 4.69) is 38.5 Å². The van der Waals surface area contributed by atoms with E-state index in [-0.39, 0.29) is 0 Å². The largest absolute Gasteiger partial charge is 0.332 e. The van der Waals surface area contributed by atoms with Gasteiger partial charge in [0.1, 0.15) is 5.82 Å². The van der Waals surface area contributed by atoms with Gasteiger partial charge in [0, 0.05) is 24.4 Å². The average Bonchev–Trinajstić information content (AvgIpc) is 3.34. The number of hydrogen-bond acceptors (Lipinski definition) is 1. The van der Waals surface area contributed by atoms with Crippen molar-refractivity contribution in [3.05, 3.63) is 18.2 Å². The Balaban J connectivity index is 2.04. The van der Waals surface area contributed by atoms with Crippen molar-refractivity contribution in [2.45, 2.75) is 187 Å². The summed E-state index contributed by atoms with van der Waals surface area (Å²) in [6.45, 7) is 9.38. The first kappa shape index (κ1) is 31.2. The molecule has 0 fully saturated rings. The molecule has 200 valence electrons. The zero-order valence-corrected chi connectivity index (χ0v) is 24.0. The Morgan fingerprint density at radius 3 is 1.38 bits per heavy atom. The van der Waals surface area contributed by atoms with Crippen LogP contribution in [0.25, 0.3) is 0 Å². The predicted molar refractivity (Wildman–Crippen MR) is 153 cm³/mol. The summed E-state index contributed by atoms with van der Waals surface area (Å²) in [6, 6.07) is 0.590. The fourth-order valence-corrected chi connectivity index (χ4v) is 5.39. The van der Waals surface area contributed by atoms with Gasteiger partial charge in [0.05, 0.1) is 0 Å². The second-order valence-corrected chi connectivity index (χ2v) is 11.2. The van der Waals surface area contributed by atoms with Crippen molar-refractivity contribution in [1.29, 1.82) is 0 Å². The Labute approximate surface area is 215 Å². The Hall–Kier alpha value is -0.790. The van der Waals surface area contributed by atoms with Crippen LogP contribution in [0.1, 0.15) is 193 Å². The summed E-state index contributed by atoms with van der Waals surface area (Å²) < 4.78 is 2.48. The van der Waals surface area contributed by atoms with Crippen LogP contribution in [0.4, 0.5) is 0 Å². The van der Waals surface area contributed by atoms with E-state index < -0.39 is 0 Å². The molecule has 0 N–H and O–H groups in total. The first-order valence-electron chi connectivity index (χ1n) is 15.7. The van der Waals surface area contributed by atoms with Gasteiger partial charge in [-0.3, -0.25) is 0 Å². The number of unbranched alkanes of at least 4 members (excludes halogenated alkanes) is 19. The van der Waals surface area contributed by atoms with E-state index in [1.165, 1.54) is 154 Å². The van der Waals surface area contributed by atoms with Crippen LogP contribution in [0.3, 0.4) is 0 Å². The highest BCUT2D eigenvalue weighted by molar-refractivity contribution is 5.00. The molecule has 1 aromatic rings. The monoisotopic (exact) mass is 474 g/mol. The minimum atomic E-state index is 0.587. The molecule has 1 aromatic heterocycles. The molecule has 34 heavy (non-hydrogen) atoms. The molecule has 0 saturated heterocycles. The molecular formula is C32H62N2. The highest BCUT2D eigenvalue weighted by atomic mass is 15.1. The molecule has 0 radical (unpaired) electrons. The molecule has 0 saturated carbocycles. The van der Waals surface area contributed by atoms with E-state index in [9.17, 15) is 0 Å². The zero-order chi connectivity index (χ0) is 24.7. The van der Waals surface area contributed by atoms with Gasteiger partial charge in [0.2, 0.25) is 0 Å². The summed E-state index contributed by atoms with van der Waals surface area (Å²) in [7, 11) is 0. The highest BCUT2D eigenvalue weighted by Gasteiger charge is 2.15. The molecule has 2 atom stereocenters. The molecule has 0 aliphatic heterocycles. The standard InChI is InChI=1S/C32H62N2/c1-5-7-9-11-13-14-15-16-17-18-19-21-22-24-26-30(3)32-33-28-29-34(32)31(4)27-25-23-20-12-10-8-6-2/h28-31H,5-27H2,1-4H3. The summed E-state index contributed by atoms with van der Waals surface area (Å²) >= 11 is 0. The lowest BCUT2D eigenvalue weighted by Crippen LogP contribution is -2.11. The summed E-state index contributed by atoms with van der Waals surface area (Å²) in [5, 5.41) is 0. The molecule has 0 aliphatic rings. The van der Waals surface area contributed by atoms with Crippen LogP contribution in [-0.2, 0) is 0 Å². The summed E-state index contributed by atoms with van der Waals surface area (Å²) in [5.41, 5.74) is 0. The van der Waals surface area contributed by atoms with E-state index in [0.717, 1.165) is 0 Å². The number of nitrogens with zero attached hydrogens (tertiary/aromatic N) is 2. The molecule has 2 heteroatoms. The van der Waals surface area contributed by atoms with Crippen LogP contribution in [0.2, 0.25) is 0 Å². The third-order valence-electron chi connectivity index (χ3n) is 7.83. The van der Waals surface area contributed by atoms with Gasteiger partial charge in [-0.2, -0.15) is 0 Å². The molecule has 0 spiro atoms. The second-order valence-electron chi connectivity index (χ2n) is 11.2. The Morgan fingerprint density at radius 2 is 0.941 bits per heavy atom. The van der Waals surface area contributed by atoms with Gasteiger partial charge in [0.25, 0.3) is 0 Å². The van der Waals surface area contributed by atoms with Crippen molar-refractivity contribution < 1.29 is 0 Å². The molecule has 1 rings (SSSR count). The van der Waals surface area contributed by atoms with E-state index >= 15 is 0 Å². The maximum atomic E-state index is 4.76. The summed E-state index contributed by atoms with van der Waals surface area (Å²) in [6.07, 6.45) is 36.7. The SMILES string of the molecule is CCCCCCCCCCCCCCCCC(C)c1nccn1C(C)CCCCCCCCC. The van der Waals surface area contributed by atoms with Crippen LogP contribution in [-0.4, -0.2) is 9.55 Å². The fraction of sp³-hybridized carbons (Fsp3) is 0.906. The second kappa shape index (κ2) is 22.7. The number of rotatable bonds is 25. The number of aromatic nitrogens is 2. The van der Waals surface area contributed by atoms with Gasteiger partial charge in [-0.25, -0.2) is 4.98 Å². The van der Waals surface area contributed by atoms with Gasteiger partial charge in [0.15, 0.2) is 0 Å². The van der Waals surface area contributed by atoms with E-state index in [1.807, 2.05) is 6.20 Å². The maximum absolute atomic E-state index is 4.76. The highest BCUT2D eigenvalue weighted by Crippen LogP contribution is 2.26. The average molecular weight is 475 g/mol. The molecule has 1 heterocycles. The van der Waals surface area contributed by atoms with Crippen molar-refractivity contribution in [2.75, 3.05) is 0 Å². The van der Waals surface area contributed by atoms with E-state index in [4.69, 9.17) is 4.98 Å². The molecule has 0 aliphatic carbocycles. The van der Waals surface area contributed by atoms with Gasteiger partial charge in [-0.15, -0.1) is 0 Å². The van der Waals surface area contributed by atoms with Crippen LogP contribution in [0, 0.1) is 0 Å². The van der Waals surface area contributed by atoms with Gasteiger partial charge in [-0.05, 0) is 19.8 Å². The Morgan fingerprint density at radius 1 is 0.559 bits per heavy atom. The number of hydrogen-bond donors (Lipinski definition) is 0. The third kappa shape index (κ3) is 16.0. The van der Waals surface area contributed by atoms with Crippen molar-refractivity contribution in [3.63, 3.8) is 0 Å². The van der Waals surface area contributed by atoms with Crippen molar-refractivity contribution in [2.24, 2.45) is 0 Å². The molecule has 2 unspecified atom stereocenters. The van der Waals surface area contributed by atoms with Gasteiger partial charge < -0.3 is 4.57 Å². The van der Waals surface area contributed by atoms with Crippen molar-refractivity contribution >= 4 is 0 Å². The fourth-order valence-electron chi connectivity index (χ4n) is 5.39. The van der Waals surface area contributed by atoms with Gasteiger partial charge >= 0.3 is 0 Å². The van der Waals surface area contributed by atoms with Gasteiger partial charge in [-0.1, -0.05) is 156 Å². The normalized spacial score (nSPS) is 13.4. The van der Waals surface area contributed by atoms with Crippen molar-refractivity contribution in [3.8, 4) is 0 Å². The molecule has 0 bridgehead atoms. The number of imidazole rings is 1. The lowest BCUT2D eigenvalue weighted by molar-refractivity contribution is 0.436. The van der Waals surface area contributed by atoms with Crippen LogP contribution in [0.15, 0.2) is 12.4 Å². The maximum Gasteiger partial charge on any atom is 0.111 e. The quantitative estimate of drug-likeness (QED) is 0.129. The lowest BCUT2D eigenvalue weighted by atomic mass is 9.99. The molecule has 2 nitrogen and oxygen atoms in total. The molecular weight excluding hydrogens is 412 g/mol. The molecule has 0 aromatic carbocycles. The Bertz CT molecular complexity index is 535. The first-order valence-corrected chi connectivity index (χ1v) is 15.7. The minimum absolute atomic E-state index is 0.587. The minimum Gasteiger partial charge on any atom is -0.332 e. The van der Waals surface area contributed by atoms with Crippen molar-refractivity contribution in [1.82, 2.24) is 9.55 Å². The summed E-state index contributed by atoms with van der Waals surface area (Å²) in [4.78, 5) is 4.76. The lowest BCUT2D eigenvalue weighted by Gasteiger charge is -2.20. The first-order chi connectivity index (χ1) is 16.7. The van der Waals surface area contributed by atoms with Crippen LogP contribution in [0.5, 0.6) is 0 Å². The topological polar surface area (TPSA) is 17.8 Å². The summed E-state index contributed by atoms with van der Waals surface area (Å²) in [5.74, 6) is 1.91. The predicted octanol–water partition coefficient (Wildman–Crippen LogP) is 11.6. The molecule has 0 amide bonds. The van der Waals surface area contributed by atoms with E-state index in [1.54, 1.807) is 0 Å².